The molecule has 0 radical (unpaired) electrons. The molecule has 2 amide bonds. The summed E-state index contributed by atoms with van der Waals surface area (Å²) in [5, 5.41) is 7.00. The van der Waals surface area contributed by atoms with Crippen LogP contribution in [0.15, 0.2) is 6.07 Å². The van der Waals surface area contributed by atoms with E-state index in [-0.39, 0.29) is 24.4 Å². The van der Waals surface area contributed by atoms with Crippen molar-refractivity contribution in [2.24, 2.45) is 0 Å². The minimum absolute atomic E-state index is 0.0343. The zero-order chi connectivity index (χ0) is 14.0. The summed E-state index contributed by atoms with van der Waals surface area (Å²) in [5.41, 5.74) is 1.90. The zero-order valence-electron chi connectivity index (χ0n) is 11.6. The van der Waals surface area contributed by atoms with Crippen LogP contribution < -0.4 is 5.32 Å². The summed E-state index contributed by atoms with van der Waals surface area (Å²) >= 11 is 0. The lowest BCUT2D eigenvalue weighted by molar-refractivity contribution is -0.146. The molecule has 6 nitrogen and oxygen atoms in total. The maximum absolute atomic E-state index is 12.0. The van der Waals surface area contributed by atoms with E-state index in [1.807, 2.05) is 31.5 Å². The number of amides is 2. The SMILES string of the molecule is CCC1C(=O)NCC(=O)N1Cc1cc(C)nn1CC. The molecule has 0 aliphatic carbocycles. The molecule has 19 heavy (non-hydrogen) atoms. The predicted octanol–water partition coefficient (Wildman–Crippen LogP) is 0.448. The van der Waals surface area contributed by atoms with Crippen molar-refractivity contribution < 1.29 is 9.59 Å². The van der Waals surface area contributed by atoms with Gasteiger partial charge in [0, 0.05) is 6.54 Å². The first-order chi connectivity index (χ1) is 9.06. The third-order valence-corrected chi connectivity index (χ3v) is 3.42. The Morgan fingerprint density at radius 1 is 1.42 bits per heavy atom. The van der Waals surface area contributed by atoms with E-state index in [1.54, 1.807) is 4.90 Å². The number of carbonyl (C=O) groups excluding carboxylic acids is 2. The van der Waals surface area contributed by atoms with Crippen molar-refractivity contribution in [3.63, 3.8) is 0 Å². The summed E-state index contributed by atoms with van der Waals surface area (Å²) in [7, 11) is 0. The molecule has 2 heterocycles. The summed E-state index contributed by atoms with van der Waals surface area (Å²) in [6, 6.07) is 1.59. The van der Waals surface area contributed by atoms with Gasteiger partial charge in [0.05, 0.1) is 24.5 Å². The van der Waals surface area contributed by atoms with E-state index in [2.05, 4.69) is 10.4 Å². The maximum atomic E-state index is 12.0. The van der Waals surface area contributed by atoms with E-state index in [0.717, 1.165) is 17.9 Å². The number of aryl methyl sites for hydroxylation is 2. The van der Waals surface area contributed by atoms with Gasteiger partial charge in [-0.25, -0.2) is 0 Å². The highest BCUT2D eigenvalue weighted by Crippen LogP contribution is 2.15. The second-order valence-electron chi connectivity index (χ2n) is 4.76. The molecule has 1 aliphatic rings. The van der Waals surface area contributed by atoms with Crippen molar-refractivity contribution in [2.45, 2.75) is 46.3 Å². The van der Waals surface area contributed by atoms with Gasteiger partial charge in [-0.15, -0.1) is 0 Å². The number of aromatic nitrogens is 2. The highest BCUT2D eigenvalue weighted by molar-refractivity contribution is 5.94. The van der Waals surface area contributed by atoms with Gasteiger partial charge in [-0.3, -0.25) is 14.3 Å². The second kappa shape index (κ2) is 5.42. The van der Waals surface area contributed by atoms with E-state index in [0.29, 0.717) is 13.0 Å². The van der Waals surface area contributed by atoms with Crippen LogP contribution in [0.3, 0.4) is 0 Å². The van der Waals surface area contributed by atoms with Gasteiger partial charge in [-0.2, -0.15) is 5.10 Å². The largest absolute Gasteiger partial charge is 0.345 e. The Morgan fingerprint density at radius 2 is 2.16 bits per heavy atom. The normalized spacial score (nSPS) is 19.7. The quantitative estimate of drug-likeness (QED) is 0.858. The standard InChI is InChI=1S/C13H20N4O2/c1-4-11-13(19)14-7-12(18)16(11)8-10-6-9(3)15-17(10)5-2/h6,11H,4-5,7-8H2,1-3H3,(H,14,19). The van der Waals surface area contributed by atoms with Crippen LogP contribution >= 0.6 is 0 Å². The molecular formula is C13H20N4O2. The topological polar surface area (TPSA) is 67.2 Å². The van der Waals surface area contributed by atoms with Crippen LogP contribution in [0.1, 0.15) is 31.7 Å². The van der Waals surface area contributed by atoms with E-state index in [4.69, 9.17) is 0 Å². The molecule has 1 atom stereocenters. The molecule has 1 fully saturated rings. The minimum atomic E-state index is -0.373. The first kappa shape index (κ1) is 13.6. The summed E-state index contributed by atoms with van der Waals surface area (Å²) in [5.74, 6) is -0.102. The van der Waals surface area contributed by atoms with Crippen LogP contribution in [0, 0.1) is 6.92 Å². The lowest BCUT2D eigenvalue weighted by atomic mass is 10.1. The van der Waals surface area contributed by atoms with E-state index in [1.165, 1.54) is 0 Å². The molecule has 6 heteroatoms. The highest BCUT2D eigenvalue weighted by Gasteiger charge is 2.33. The van der Waals surface area contributed by atoms with Gasteiger partial charge in [0.2, 0.25) is 11.8 Å². The monoisotopic (exact) mass is 264 g/mol. The van der Waals surface area contributed by atoms with Crippen LogP contribution in [0.2, 0.25) is 0 Å². The highest BCUT2D eigenvalue weighted by atomic mass is 16.2. The molecule has 1 aliphatic heterocycles. The first-order valence-electron chi connectivity index (χ1n) is 6.67. The molecule has 1 saturated heterocycles. The first-order valence-corrected chi connectivity index (χ1v) is 6.67. The van der Waals surface area contributed by atoms with Crippen molar-refractivity contribution in [2.75, 3.05) is 6.54 Å². The van der Waals surface area contributed by atoms with E-state index < -0.39 is 0 Å². The lowest BCUT2D eigenvalue weighted by Crippen LogP contribution is -2.57. The Balaban J connectivity index is 2.23. The number of hydrogen-bond acceptors (Lipinski definition) is 3. The fraction of sp³-hybridized carbons (Fsp3) is 0.615. The van der Waals surface area contributed by atoms with Gasteiger partial charge in [0.1, 0.15) is 6.04 Å². The number of rotatable bonds is 4. The Bertz CT molecular complexity index is 495. The minimum Gasteiger partial charge on any atom is -0.345 e. The average Bonchev–Trinajstić information content (AvgIpc) is 2.74. The van der Waals surface area contributed by atoms with Crippen molar-refractivity contribution in [3.8, 4) is 0 Å². The summed E-state index contributed by atoms with van der Waals surface area (Å²) < 4.78 is 1.88. The predicted molar refractivity (Wildman–Crippen MR) is 70.3 cm³/mol. The van der Waals surface area contributed by atoms with Crippen molar-refractivity contribution in [3.05, 3.63) is 17.5 Å². The summed E-state index contributed by atoms with van der Waals surface area (Å²) in [6.07, 6.45) is 0.622. The Kier molecular flexibility index (Phi) is 3.87. The molecule has 2 rings (SSSR count). The lowest BCUT2D eigenvalue weighted by Gasteiger charge is -2.34. The molecule has 104 valence electrons. The molecule has 0 spiro atoms. The molecule has 1 aromatic heterocycles. The van der Waals surface area contributed by atoms with Gasteiger partial charge in [-0.05, 0) is 26.3 Å². The average molecular weight is 264 g/mol. The molecule has 1 unspecified atom stereocenters. The third-order valence-electron chi connectivity index (χ3n) is 3.42. The number of nitrogens with zero attached hydrogens (tertiary/aromatic N) is 3. The van der Waals surface area contributed by atoms with Crippen molar-refractivity contribution in [1.29, 1.82) is 0 Å². The summed E-state index contributed by atoms with van der Waals surface area (Å²) in [6.45, 7) is 7.15. The van der Waals surface area contributed by atoms with Gasteiger partial charge in [0.25, 0.3) is 0 Å². The van der Waals surface area contributed by atoms with Gasteiger partial charge in [-0.1, -0.05) is 6.92 Å². The number of piperazine rings is 1. The van der Waals surface area contributed by atoms with Crippen LogP contribution in [0.25, 0.3) is 0 Å². The number of nitrogens with one attached hydrogen (secondary N) is 1. The maximum Gasteiger partial charge on any atom is 0.243 e. The van der Waals surface area contributed by atoms with Gasteiger partial charge in [0.15, 0.2) is 0 Å². The van der Waals surface area contributed by atoms with Crippen molar-refractivity contribution in [1.82, 2.24) is 20.0 Å². The van der Waals surface area contributed by atoms with Crippen LogP contribution in [0.5, 0.6) is 0 Å². The molecule has 1 aromatic rings. The molecule has 0 aromatic carbocycles. The second-order valence-corrected chi connectivity index (χ2v) is 4.76. The Labute approximate surface area is 112 Å². The summed E-state index contributed by atoms with van der Waals surface area (Å²) in [4.78, 5) is 25.5. The molecule has 0 saturated carbocycles. The Hall–Kier alpha value is -1.85. The van der Waals surface area contributed by atoms with E-state index in [9.17, 15) is 9.59 Å². The Morgan fingerprint density at radius 3 is 2.79 bits per heavy atom. The van der Waals surface area contributed by atoms with Gasteiger partial charge < -0.3 is 10.2 Å². The fourth-order valence-corrected chi connectivity index (χ4v) is 2.48. The van der Waals surface area contributed by atoms with Crippen LogP contribution in [0.4, 0.5) is 0 Å². The van der Waals surface area contributed by atoms with Crippen LogP contribution in [-0.4, -0.2) is 39.1 Å². The molecule has 0 bridgehead atoms. The van der Waals surface area contributed by atoms with E-state index >= 15 is 0 Å². The fourth-order valence-electron chi connectivity index (χ4n) is 2.48. The molecule has 1 N–H and O–H groups in total. The smallest absolute Gasteiger partial charge is 0.243 e. The number of hydrogen-bond donors (Lipinski definition) is 1. The third kappa shape index (κ3) is 2.62. The number of carbonyl (C=O) groups is 2. The zero-order valence-corrected chi connectivity index (χ0v) is 11.6. The van der Waals surface area contributed by atoms with Gasteiger partial charge >= 0.3 is 0 Å². The van der Waals surface area contributed by atoms with Crippen LogP contribution in [-0.2, 0) is 22.7 Å². The molecular weight excluding hydrogens is 244 g/mol. The van der Waals surface area contributed by atoms with Crippen molar-refractivity contribution >= 4 is 11.8 Å².